The number of hydrogen-bond acceptors (Lipinski definition) is 4. The maximum absolute atomic E-state index is 12.0. The van der Waals surface area contributed by atoms with Crippen LogP contribution in [0.1, 0.15) is 29.5 Å². The minimum atomic E-state index is -1.05. The van der Waals surface area contributed by atoms with Crippen LogP contribution in [0.2, 0.25) is 0 Å². The number of nitrogens with zero attached hydrogens (tertiary/aromatic N) is 2. The van der Waals surface area contributed by atoms with Crippen molar-refractivity contribution in [1.82, 2.24) is 0 Å². The fourth-order valence-corrected chi connectivity index (χ4v) is 4.45. The zero-order chi connectivity index (χ0) is 20.3. The molecule has 0 bridgehead atoms. The standard InChI is InChI=1S/C25H24N2O2/c26-18-19-17-23(28)11-12-24(19)27-15-13-22(14-16-27)25(29,20-7-3-1-4-8-20)21-9-5-2-6-10-21/h1-12,17,22,28-29H,13-16H2. The van der Waals surface area contributed by atoms with Gasteiger partial charge in [-0.15, -0.1) is 0 Å². The molecule has 4 nitrogen and oxygen atoms in total. The number of piperidine rings is 1. The van der Waals surface area contributed by atoms with Crippen LogP contribution in [0.25, 0.3) is 0 Å². The topological polar surface area (TPSA) is 67.5 Å². The molecule has 0 atom stereocenters. The summed E-state index contributed by atoms with van der Waals surface area (Å²) in [5.74, 6) is 0.161. The summed E-state index contributed by atoms with van der Waals surface area (Å²) in [5.41, 5.74) is 2.08. The summed E-state index contributed by atoms with van der Waals surface area (Å²) >= 11 is 0. The van der Waals surface area contributed by atoms with E-state index in [2.05, 4.69) is 11.0 Å². The fraction of sp³-hybridized carbons (Fsp3) is 0.240. The van der Waals surface area contributed by atoms with Gasteiger partial charge in [0, 0.05) is 13.1 Å². The van der Waals surface area contributed by atoms with Crippen molar-refractivity contribution in [2.24, 2.45) is 5.92 Å². The first-order valence-corrected chi connectivity index (χ1v) is 9.94. The van der Waals surface area contributed by atoms with Crippen LogP contribution in [0, 0.1) is 17.2 Å². The lowest BCUT2D eigenvalue weighted by Crippen LogP contribution is -2.44. The summed E-state index contributed by atoms with van der Waals surface area (Å²) in [4.78, 5) is 2.17. The van der Waals surface area contributed by atoms with E-state index in [1.54, 1.807) is 12.1 Å². The van der Waals surface area contributed by atoms with Crippen molar-refractivity contribution in [3.05, 3.63) is 95.6 Å². The Morgan fingerprint density at radius 3 is 1.93 bits per heavy atom. The van der Waals surface area contributed by atoms with Crippen LogP contribution in [0.5, 0.6) is 5.75 Å². The molecule has 0 amide bonds. The molecule has 0 saturated carbocycles. The third kappa shape index (κ3) is 3.57. The van der Waals surface area contributed by atoms with Crippen LogP contribution in [-0.4, -0.2) is 23.3 Å². The van der Waals surface area contributed by atoms with E-state index >= 15 is 0 Å². The quantitative estimate of drug-likeness (QED) is 0.699. The Labute approximate surface area is 171 Å². The average molecular weight is 384 g/mol. The van der Waals surface area contributed by atoms with Gasteiger partial charge in [0.15, 0.2) is 0 Å². The molecule has 1 aliphatic rings. The average Bonchev–Trinajstić information content (AvgIpc) is 2.79. The Bertz CT molecular complexity index is 964. The van der Waals surface area contributed by atoms with Crippen molar-refractivity contribution in [3.63, 3.8) is 0 Å². The van der Waals surface area contributed by atoms with Gasteiger partial charge in [-0.3, -0.25) is 0 Å². The van der Waals surface area contributed by atoms with Crippen molar-refractivity contribution < 1.29 is 10.2 Å². The molecule has 0 aromatic heterocycles. The van der Waals surface area contributed by atoms with Gasteiger partial charge in [0.1, 0.15) is 17.4 Å². The van der Waals surface area contributed by atoms with Crippen LogP contribution in [0.15, 0.2) is 78.9 Å². The highest BCUT2D eigenvalue weighted by Gasteiger charge is 2.41. The van der Waals surface area contributed by atoms with Crippen molar-refractivity contribution in [2.45, 2.75) is 18.4 Å². The second-order valence-corrected chi connectivity index (χ2v) is 7.57. The summed E-state index contributed by atoms with van der Waals surface area (Å²) in [6.07, 6.45) is 1.60. The summed E-state index contributed by atoms with van der Waals surface area (Å²) in [7, 11) is 0. The van der Waals surface area contributed by atoms with Crippen LogP contribution < -0.4 is 4.90 Å². The van der Waals surface area contributed by atoms with Gasteiger partial charge in [-0.2, -0.15) is 5.26 Å². The van der Waals surface area contributed by atoms with Crippen molar-refractivity contribution in [2.75, 3.05) is 18.0 Å². The largest absolute Gasteiger partial charge is 0.508 e. The van der Waals surface area contributed by atoms with Crippen molar-refractivity contribution in [1.29, 1.82) is 5.26 Å². The number of nitriles is 1. The van der Waals surface area contributed by atoms with E-state index in [0.717, 1.165) is 42.7 Å². The zero-order valence-corrected chi connectivity index (χ0v) is 16.2. The molecule has 4 rings (SSSR count). The van der Waals surface area contributed by atoms with Crippen LogP contribution >= 0.6 is 0 Å². The van der Waals surface area contributed by atoms with E-state index in [0.29, 0.717) is 5.56 Å². The highest BCUT2D eigenvalue weighted by atomic mass is 16.3. The molecule has 0 aliphatic carbocycles. The van der Waals surface area contributed by atoms with E-state index in [9.17, 15) is 15.5 Å². The van der Waals surface area contributed by atoms with Crippen LogP contribution in [0.4, 0.5) is 5.69 Å². The number of rotatable bonds is 4. The maximum Gasteiger partial charge on any atom is 0.118 e. The monoisotopic (exact) mass is 384 g/mol. The van der Waals surface area contributed by atoms with Gasteiger partial charge in [-0.25, -0.2) is 0 Å². The van der Waals surface area contributed by atoms with Gasteiger partial charge in [-0.05, 0) is 48.1 Å². The molecule has 1 saturated heterocycles. The lowest BCUT2D eigenvalue weighted by molar-refractivity contribution is 0.00505. The third-order valence-electron chi connectivity index (χ3n) is 5.95. The van der Waals surface area contributed by atoms with Gasteiger partial charge in [0.05, 0.1) is 11.3 Å². The molecule has 0 radical (unpaired) electrons. The predicted molar refractivity (Wildman–Crippen MR) is 114 cm³/mol. The molecule has 3 aromatic carbocycles. The molecule has 1 fully saturated rings. The number of hydrogen-bond donors (Lipinski definition) is 2. The fourth-order valence-electron chi connectivity index (χ4n) is 4.45. The summed E-state index contributed by atoms with van der Waals surface area (Å²) in [6, 6.07) is 26.9. The molecule has 1 aliphatic heterocycles. The van der Waals surface area contributed by atoms with E-state index in [-0.39, 0.29) is 11.7 Å². The summed E-state index contributed by atoms with van der Waals surface area (Å²) < 4.78 is 0. The van der Waals surface area contributed by atoms with Gasteiger partial charge in [0.25, 0.3) is 0 Å². The van der Waals surface area contributed by atoms with Gasteiger partial charge >= 0.3 is 0 Å². The second-order valence-electron chi connectivity index (χ2n) is 7.57. The third-order valence-corrected chi connectivity index (χ3v) is 5.95. The highest BCUT2D eigenvalue weighted by molar-refractivity contribution is 5.61. The second kappa shape index (κ2) is 7.98. The number of phenols is 1. The van der Waals surface area contributed by atoms with Crippen molar-refractivity contribution in [3.8, 4) is 11.8 Å². The molecule has 29 heavy (non-hydrogen) atoms. The Morgan fingerprint density at radius 1 is 0.862 bits per heavy atom. The number of benzene rings is 3. The van der Waals surface area contributed by atoms with Crippen LogP contribution in [0.3, 0.4) is 0 Å². The van der Waals surface area contributed by atoms with Gasteiger partial charge in [-0.1, -0.05) is 60.7 Å². The van der Waals surface area contributed by atoms with Gasteiger partial charge in [0.2, 0.25) is 0 Å². The first-order chi connectivity index (χ1) is 14.1. The predicted octanol–water partition coefficient (Wildman–Crippen LogP) is 4.42. The molecule has 3 aromatic rings. The van der Waals surface area contributed by atoms with E-state index in [1.165, 1.54) is 6.07 Å². The number of phenolic OH excluding ortho intramolecular Hbond substituents is 1. The Kier molecular flexibility index (Phi) is 5.24. The summed E-state index contributed by atoms with van der Waals surface area (Å²) in [6.45, 7) is 1.48. The van der Waals surface area contributed by atoms with Crippen molar-refractivity contribution >= 4 is 5.69 Å². The Hall–Kier alpha value is -3.29. The van der Waals surface area contributed by atoms with Gasteiger partial charge < -0.3 is 15.1 Å². The van der Waals surface area contributed by atoms with Crippen LogP contribution in [-0.2, 0) is 5.60 Å². The first kappa shape index (κ1) is 19.0. The zero-order valence-electron chi connectivity index (χ0n) is 16.2. The number of anilines is 1. The minimum Gasteiger partial charge on any atom is -0.508 e. The lowest BCUT2D eigenvalue weighted by atomic mass is 9.72. The molecule has 0 unspecified atom stereocenters. The molecule has 0 spiro atoms. The van der Waals surface area contributed by atoms with E-state index in [4.69, 9.17) is 0 Å². The molecule has 4 heteroatoms. The number of aromatic hydroxyl groups is 1. The molecular weight excluding hydrogens is 360 g/mol. The minimum absolute atomic E-state index is 0.0613. The highest BCUT2D eigenvalue weighted by Crippen LogP contribution is 2.42. The SMILES string of the molecule is N#Cc1cc(O)ccc1N1CCC(C(O)(c2ccccc2)c2ccccc2)CC1. The maximum atomic E-state index is 12.0. The summed E-state index contributed by atoms with van der Waals surface area (Å²) in [5, 5.41) is 31.1. The van der Waals surface area contributed by atoms with E-state index in [1.807, 2.05) is 60.7 Å². The molecule has 1 heterocycles. The normalized spacial score (nSPS) is 15.1. The Balaban J connectivity index is 1.62. The lowest BCUT2D eigenvalue weighted by Gasteiger charge is -2.43. The molecule has 146 valence electrons. The first-order valence-electron chi connectivity index (χ1n) is 9.94. The smallest absolute Gasteiger partial charge is 0.118 e. The molecular formula is C25H24N2O2. The van der Waals surface area contributed by atoms with E-state index < -0.39 is 5.60 Å². The molecule has 2 N–H and O–H groups in total. The Morgan fingerprint density at radius 2 is 1.41 bits per heavy atom. The number of aliphatic hydroxyl groups is 1.